The number of carbonyl (C=O) groups is 3. The molecule has 0 amide bonds. The Balaban J connectivity index is 2.82. The van der Waals surface area contributed by atoms with Gasteiger partial charge in [0.25, 0.3) is 0 Å². The SMILES string of the molecule is CCCCCCCCCCCCC(CSC(=S)S)C(=O)Oc1cc(OC(=O)C(CCCCCCCCCCCC)CSC(=S)S)cc(C(=O)O)c1. The highest BCUT2D eigenvalue weighted by Gasteiger charge is 2.24. The van der Waals surface area contributed by atoms with Gasteiger partial charge in [-0.25, -0.2) is 4.79 Å². The first-order valence-electron chi connectivity index (χ1n) is 19.1. The van der Waals surface area contributed by atoms with Crippen LogP contribution in [0, 0.1) is 11.8 Å². The number of thioether (sulfide) groups is 2. The molecule has 0 radical (unpaired) electrons. The summed E-state index contributed by atoms with van der Waals surface area (Å²) in [6.07, 6.45) is 25.1. The van der Waals surface area contributed by atoms with Crippen LogP contribution in [0.5, 0.6) is 11.5 Å². The third-order valence-electron chi connectivity index (χ3n) is 8.86. The molecule has 0 aliphatic carbocycles. The van der Waals surface area contributed by atoms with Crippen molar-refractivity contribution in [2.45, 2.75) is 155 Å². The monoisotopic (exact) mass is 818 g/mol. The molecule has 6 nitrogen and oxygen atoms in total. The molecule has 0 heterocycles. The second-order valence-corrected chi connectivity index (χ2v) is 18.8. The number of hydrogen-bond acceptors (Lipinski definition) is 9. The van der Waals surface area contributed by atoms with Crippen LogP contribution in [0.1, 0.15) is 165 Å². The number of hydrogen-bond donors (Lipinski definition) is 3. The molecule has 51 heavy (non-hydrogen) atoms. The Morgan fingerprint density at radius 2 is 0.902 bits per heavy atom. The van der Waals surface area contributed by atoms with Crippen molar-refractivity contribution in [1.82, 2.24) is 0 Å². The smallest absolute Gasteiger partial charge is 0.335 e. The minimum absolute atomic E-state index is 0.0198. The van der Waals surface area contributed by atoms with E-state index in [-0.39, 0.29) is 17.1 Å². The van der Waals surface area contributed by atoms with E-state index in [1.54, 1.807) is 0 Å². The van der Waals surface area contributed by atoms with Gasteiger partial charge in [0.1, 0.15) is 18.6 Å². The highest BCUT2D eigenvalue weighted by Crippen LogP contribution is 2.29. The number of carbonyl (C=O) groups excluding carboxylic acids is 2. The van der Waals surface area contributed by atoms with Crippen LogP contribution in [0.2, 0.25) is 0 Å². The molecule has 2 unspecified atom stereocenters. The van der Waals surface area contributed by atoms with E-state index in [4.69, 9.17) is 33.9 Å². The lowest BCUT2D eigenvalue weighted by Crippen LogP contribution is -2.24. The van der Waals surface area contributed by atoms with Gasteiger partial charge in [-0.2, -0.15) is 0 Å². The second kappa shape index (κ2) is 31.5. The number of carboxylic acid groups (broad SMARTS) is 1. The van der Waals surface area contributed by atoms with Crippen LogP contribution in [-0.2, 0) is 9.59 Å². The van der Waals surface area contributed by atoms with Gasteiger partial charge in [-0.15, -0.1) is 48.8 Å². The maximum Gasteiger partial charge on any atom is 0.335 e. The maximum absolute atomic E-state index is 13.4. The average molecular weight is 819 g/mol. The number of aromatic carboxylic acids is 1. The van der Waals surface area contributed by atoms with E-state index >= 15 is 0 Å². The van der Waals surface area contributed by atoms with Crippen molar-refractivity contribution >= 4 is 98.2 Å². The molecule has 1 N–H and O–H groups in total. The molecule has 0 saturated heterocycles. The van der Waals surface area contributed by atoms with Crippen molar-refractivity contribution in [1.29, 1.82) is 0 Å². The van der Waals surface area contributed by atoms with E-state index < -0.39 is 29.7 Å². The molecule has 2 atom stereocenters. The van der Waals surface area contributed by atoms with Crippen molar-refractivity contribution in [2.75, 3.05) is 11.5 Å². The van der Waals surface area contributed by atoms with Crippen molar-refractivity contribution in [3.8, 4) is 11.5 Å². The van der Waals surface area contributed by atoms with E-state index in [9.17, 15) is 19.5 Å². The van der Waals surface area contributed by atoms with E-state index in [1.807, 2.05) is 0 Å². The first-order valence-corrected chi connectivity index (χ1v) is 22.8. The summed E-state index contributed by atoms with van der Waals surface area (Å²) >= 11 is 21.3. The molecule has 1 aromatic carbocycles. The van der Waals surface area contributed by atoms with Crippen LogP contribution in [0.4, 0.5) is 0 Å². The predicted molar refractivity (Wildman–Crippen MR) is 233 cm³/mol. The summed E-state index contributed by atoms with van der Waals surface area (Å²) in [6, 6.07) is 3.97. The Bertz CT molecular complexity index is 1080. The number of benzene rings is 1. The zero-order chi connectivity index (χ0) is 37.7. The van der Waals surface area contributed by atoms with E-state index in [0.717, 1.165) is 38.5 Å². The lowest BCUT2D eigenvalue weighted by Gasteiger charge is -2.17. The minimum atomic E-state index is -1.22. The first-order chi connectivity index (χ1) is 24.6. The molecule has 0 bridgehead atoms. The van der Waals surface area contributed by atoms with Crippen molar-refractivity contribution in [3.63, 3.8) is 0 Å². The quantitative estimate of drug-likeness (QED) is 0.0221. The van der Waals surface area contributed by atoms with E-state index in [0.29, 0.717) is 31.4 Å². The molecule has 0 aliphatic heterocycles. The fourth-order valence-electron chi connectivity index (χ4n) is 5.85. The molecule has 0 fully saturated rings. The first kappa shape index (κ1) is 48.2. The molecule has 1 rings (SSSR count). The van der Waals surface area contributed by atoms with Gasteiger partial charge in [-0.3, -0.25) is 9.59 Å². The zero-order valence-electron chi connectivity index (χ0n) is 30.9. The number of esters is 2. The molecule has 1 aromatic rings. The topological polar surface area (TPSA) is 89.9 Å². The third kappa shape index (κ3) is 25.8. The fourth-order valence-corrected chi connectivity index (χ4v) is 8.00. The van der Waals surface area contributed by atoms with Gasteiger partial charge in [-0.05, 0) is 25.0 Å². The number of unbranched alkanes of at least 4 members (excludes halogenated alkanes) is 18. The van der Waals surface area contributed by atoms with Crippen LogP contribution in [0.15, 0.2) is 18.2 Å². The van der Waals surface area contributed by atoms with E-state index in [2.05, 4.69) is 39.1 Å². The number of thiocarbonyl (C=S) groups is 2. The summed E-state index contributed by atoms with van der Waals surface area (Å²) in [5.41, 5.74) is -0.141. The number of thiol groups is 2. The zero-order valence-corrected chi connectivity index (χ0v) is 35.9. The van der Waals surface area contributed by atoms with Gasteiger partial charge in [-0.1, -0.05) is 167 Å². The Labute approximate surface area is 338 Å². The summed E-state index contributed by atoms with van der Waals surface area (Å²) < 4.78 is 12.4. The molecule has 12 heteroatoms. The van der Waals surface area contributed by atoms with Crippen molar-refractivity contribution in [2.24, 2.45) is 11.8 Å². The van der Waals surface area contributed by atoms with Gasteiger partial charge in [0.2, 0.25) is 0 Å². The lowest BCUT2D eigenvalue weighted by molar-refractivity contribution is -0.138. The summed E-state index contributed by atoms with van der Waals surface area (Å²) in [5.74, 6) is -2.17. The Morgan fingerprint density at radius 1 is 0.588 bits per heavy atom. The van der Waals surface area contributed by atoms with Gasteiger partial charge >= 0.3 is 17.9 Å². The molecular formula is C39H62O6S6. The Morgan fingerprint density at radius 3 is 1.20 bits per heavy atom. The summed E-state index contributed by atoms with van der Waals surface area (Å²) in [6.45, 7) is 4.46. The average Bonchev–Trinajstić information content (AvgIpc) is 3.08. The molecule has 0 aromatic heterocycles. The van der Waals surface area contributed by atoms with Crippen LogP contribution >= 0.6 is 73.2 Å². The molecular weight excluding hydrogens is 757 g/mol. The third-order valence-corrected chi connectivity index (χ3v) is 12.0. The van der Waals surface area contributed by atoms with Gasteiger partial charge < -0.3 is 14.6 Å². The van der Waals surface area contributed by atoms with Crippen molar-refractivity contribution < 1.29 is 29.0 Å². The minimum Gasteiger partial charge on any atom is -0.478 e. The normalized spacial score (nSPS) is 12.3. The standard InChI is InChI=1S/C39H62O6S6/c1-3-5-7-9-11-13-15-17-19-21-23-30(28-50-38(46)47)36(42)44-33-25-32(35(40)41)26-34(27-33)45-37(43)31(29-51-39(48)49)24-22-20-18-16-14-12-10-8-6-4-2/h25-27,30-31H,3-24,28-29H2,1-2H3,(H,40,41)(H,46,47)(H,48,49). The molecule has 0 spiro atoms. The van der Waals surface area contributed by atoms with Crippen LogP contribution in [0.3, 0.4) is 0 Å². The number of ether oxygens (including phenoxy) is 2. The highest BCUT2D eigenvalue weighted by atomic mass is 32.2. The van der Waals surface area contributed by atoms with Gasteiger partial charge in [0.15, 0.2) is 0 Å². The summed E-state index contributed by atoms with van der Waals surface area (Å²) in [4.78, 5) is 38.8. The second-order valence-electron chi connectivity index (χ2n) is 13.3. The Kier molecular flexibility index (Phi) is 29.8. The summed E-state index contributed by atoms with van der Waals surface area (Å²) in [5, 5.41) is 9.80. The predicted octanol–water partition coefficient (Wildman–Crippen LogP) is 12.9. The molecule has 0 saturated carbocycles. The van der Waals surface area contributed by atoms with Crippen LogP contribution in [-0.4, -0.2) is 41.6 Å². The lowest BCUT2D eigenvalue weighted by atomic mass is 10.0. The van der Waals surface area contributed by atoms with Crippen LogP contribution in [0.25, 0.3) is 0 Å². The van der Waals surface area contributed by atoms with Gasteiger partial charge in [0, 0.05) is 17.6 Å². The van der Waals surface area contributed by atoms with Gasteiger partial charge in [0.05, 0.1) is 17.4 Å². The molecule has 290 valence electrons. The number of carboxylic acids is 1. The maximum atomic E-state index is 13.4. The van der Waals surface area contributed by atoms with Crippen LogP contribution < -0.4 is 9.47 Å². The largest absolute Gasteiger partial charge is 0.478 e. The Hall–Kier alpha value is -0.790. The van der Waals surface area contributed by atoms with Crippen molar-refractivity contribution in [3.05, 3.63) is 23.8 Å². The van der Waals surface area contributed by atoms with E-state index in [1.165, 1.54) is 132 Å². The summed E-state index contributed by atoms with van der Waals surface area (Å²) in [7, 11) is 0. The fraction of sp³-hybridized carbons (Fsp3) is 0.718. The highest BCUT2D eigenvalue weighted by molar-refractivity contribution is 8.42. The number of rotatable bonds is 31. The molecule has 0 aliphatic rings.